The molecular formula is C27H28BrN3O3S. The molecule has 0 radical (unpaired) electrons. The maximum absolute atomic E-state index is 13.7. The molecule has 4 aromatic rings. The number of rotatable bonds is 7. The minimum absolute atomic E-state index is 0.208. The van der Waals surface area contributed by atoms with Crippen LogP contribution in [0.25, 0.3) is 10.9 Å². The number of hydrogen-bond donors (Lipinski definition) is 0. The van der Waals surface area contributed by atoms with E-state index < -0.39 is 10.0 Å². The second-order valence-corrected chi connectivity index (χ2v) is 11.4. The van der Waals surface area contributed by atoms with Gasteiger partial charge in [-0.15, -0.1) is 0 Å². The highest BCUT2D eigenvalue weighted by atomic mass is 79.9. The predicted octanol–water partition coefficient (Wildman–Crippen LogP) is 4.97. The number of hydrogen-bond acceptors (Lipinski definition) is 5. The SMILES string of the molecule is COc1ccc(S(=O)(=O)n2cc(CN3CCN(Cc4ccccc4)CC3)c3ccccc32)c(Br)c1. The fourth-order valence-corrected chi connectivity index (χ4v) is 7.07. The molecule has 0 aliphatic carbocycles. The molecule has 2 heterocycles. The molecule has 1 aliphatic heterocycles. The van der Waals surface area contributed by atoms with Crippen molar-refractivity contribution in [3.63, 3.8) is 0 Å². The molecule has 3 aromatic carbocycles. The molecule has 6 nitrogen and oxygen atoms in total. The summed E-state index contributed by atoms with van der Waals surface area (Å²) in [5.74, 6) is 0.597. The Balaban J connectivity index is 1.37. The maximum Gasteiger partial charge on any atom is 0.269 e. The Kier molecular flexibility index (Phi) is 6.98. The number of piperazine rings is 1. The summed E-state index contributed by atoms with van der Waals surface area (Å²) in [4.78, 5) is 5.09. The number of aromatic nitrogens is 1. The lowest BCUT2D eigenvalue weighted by molar-refractivity contribution is 0.122. The van der Waals surface area contributed by atoms with Gasteiger partial charge in [-0.05, 0) is 51.3 Å². The molecule has 35 heavy (non-hydrogen) atoms. The topological polar surface area (TPSA) is 54.8 Å². The van der Waals surface area contributed by atoms with Crippen LogP contribution in [0, 0.1) is 0 Å². The van der Waals surface area contributed by atoms with Crippen LogP contribution < -0.4 is 4.74 Å². The molecule has 0 N–H and O–H groups in total. The number of para-hydroxylation sites is 1. The smallest absolute Gasteiger partial charge is 0.269 e. The summed E-state index contributed by atoms with van der Waals surface area (Å²) in [6.45, 7) is 5.55. The molecule has 0 amide bonds. The van der Waals surface area contributed by atoms with E-state index in [1.807, 2.05) is 30.3 Å². The Labute approximate surface area is 214 Å². The van der Waals surface area contributed by atoms with Gasteiger partial charge in [0.25, 0.3) is 10.0 Å². The molecule has 0 bridgehead atoms. The van der Waals surface area contributed by atoms with E-state index in [1.165, 1.54) is 9.54 Å². The zero-order chi connectivity index (χ0) is 24.4. The quantitative estimate of drug-likeness (QED) is 0.323. The van der Waals surface area contributed by atoms with Crippen molar-refractivity contribution in [2.75, 3.05) is 33.3 Å². The normalized spacial score (nSPS) is 15.5. The Morgan fingerprint density at radius 1 is 0.857 bits per heavy atom. The van der Waals surface area contributed by atoms with Crippen LogP contribution in [-0.4, -0.2) is 55.5 Å². The van der Waals surface area contributed by atoms with Crippen LogP contribution in [0.5, 0.6) is 5.75 Å². The highest BCUT2D eigenvalue weighted by molar-refractivity contribution is 9.10. The van der Waals surface area contributed by atoms with E-state index in [0.29, 0.717) is 22.3 Å². The van der Waals surface area contributed by atoms with Gasteiger partial charge in [0.05, 0.1) is 12.6 Å². The Bertz CT molecular complexity index is 1430. The monoisotopic (exact) mass is 553 g/mol. The summed E-state index contributed by atoms with van der Waals surface area (Å²) in [5.41, 5.74) is 3.04. The van der Waals surface area contributed by atoms with Crippen LogP contribution in [-0.2, 0) is 23.1 Å². The van der Waals surface area contributed by atoms with E-state index in [4.69, 9.17) is 4.74 Å². The minimum atomic E-state index is -3.80. The maximum atomic E-state index is 13.7. The number of nitrogens with zero attached hydrogens (tertiary/aromatic N) is 3. The molecule has 1 aliphatic rings. The second kappa shape index (κ2) is 10.1. The predicted molar refractivity (Wildman–Crippen MR) is 142 cm³/mol. The van der Waals surface area contributed by atoms with Crippen molar-refractivity contribution < 1.29 is 13.2 Å². The van der Waals surface area contributed by atoms with Crippen molar-refractivity contribution in [2.45, 2.75) is 18.0 Å². The van der Waals surface area contributed by atoms with Gasteiger partial charge >= 0.3 is 0 Å². The fourth-order valence-electron chi connectivity index (χ4n) is 4.65. The third kappa shape index (κ3) is 5.02. The van der Waals surface area contributed by atoms with Crippen molar-refractivity contribution in [1.82, 2.24) is 13.8 Å². The number of methoxy groups -OCH3 is 1. The van der Waals surface area contributed by atoms with Crippen molar-refractivity contribution >= 4 is 36.9 Å². The zero-order valence-electron chi connectivity index (χ0n) is 19.6. The molecule has 0 unspecified atom stereocenters. The first kappa shape index (κ1) is 24.1. The molecule has 1 fully saturated rings. The van der Waals surface area contributed by atoms with Crippen molar-refractivity contribution in [3.05, 3.63) is 94.6 Å². The van der Waals surface area contributed by atoms with E-state index >= 15 is 0 Å². The lowest BCUT2D eigenvalue weighted by atomic mass is 10.1. The Hall–Kier alpha value is -2.65. The third-order valence-electron chi connectivity index (χ3n) is 6.54. The van der Waals surface area contributed by atoms with Crippen LogP contribution >= 0.6 is 15.9 Å². The van der Waals surface area contributed by atoms with Crippen molar-refractivity contribution in [1.29, 1.82) is 0 Å². The van der Waals surface area contributed by atoms with E-state index in [9.17, 15) is 8.42 Å². The second-order valence-electron chi connectivity index (χ2n) is 8.81. The van der Waals surface area contributed by atoms with E-state index in [1.54, 1.807) is 31.5 Å². The first-order chi connectivity index (χ1) is 17.0. The van der Waals surface area contributed by atoms with Gasteiger partial charge in [-0.25, -0.2) is 12.4 Å². The average molecular weight is 555 g/mol. The summed E-state index contributed by atoms with van der Waals surface area (Å²) < 4.78 is 34.4. The summed E-state index contributed by atoms with van der Waals surface area (Å²) in [6.07, 6.45) is 1.78. The van der Waals surface area contributed by atoms with Crippen molar-refractivity contribution in [3.8, 4) is 5.75 Å². The molecule has 5 rings (SSSR count). The Morgan fingerprint density at radius 3 is 2.20 bits per heavy atom. The molecule has 1 aromatic heterocycles. The zero-order valence-corrected chi connectivity index (χ0v) is 22.0. The van der Waals surface area contributed by atoms with Gasteiger partial charge in [0.1, 0.15) is 10.6 Å². The highest BCUT2D eigenvalue weighted by Crippen LogP contribution is 2.32. The standard InChI is InChI=1S/C27H28BrN3O3S/c1-34-23-11-12-27(25(28)17-23)35(32,33)31-20-22(24-9-5-6-10-26(24)31)19-30-15-13-29(14-16-30)18-21-7-3-2-4-8-21/h2-12,17,20H,13-16,18-19H2,1H3. The van der Waals surface area contributed by atoms with Crippen LogP contribution in [0.3, 0.4) is 0 Å². The van der Waals surface area contributed by atoms with Gasteiger partial charge in [0.2, 0.25) is 0 Å². The van der Waals surface area contributed by atoms with Gasteiger partial charge in [-0.2, -0.15) is 0 Å². The van der Waals surface area contributed by atoms with Gasteiger partial charge in [-0.3, -0.25) is 9.80 Å². The largest absolute Gasteiger partial charge is 0.497 e. The molecule has 182 valence electrons. The first-order valence-corrected chi connectivity index (χ1v) is 13.9. The fraction of sp³-hybridized carbons (Fsp3) is 0.259. The van der Waals surface area contributed by atoms with Crippen LogP contribution in [0.4, 0.5) is 0 Å². The third-order valence-corrected chi connectivity index (χ3v) is 9.19. The summed E-state index contributed by atoms with van der Waals surface area (Å²) in [5, 5.41) is 0.965. The van der Waals surface area contributed by atoms with Gasteiger partial charge in [0.15, 0.2) is 0 Å². The number of benzene rings is 3. The Morgan fingerprint density at radius 2 is 1.51 bits per heavy atom. The van der Waals surface area contributed by atoms with Gasteiger partial charge in [-0.1, -0.05) is 48.5 Å². The summed E-state index contributed by atoms with van der Waals surface area (Å²) in [7, 11) is -2.24. The first-order valence-electron chi connectivity index (χ1n) is 11.6. The minimum Gasteiger partial charge on any atom is -0.497 e. The average Bonchev–Trinajstić information content (AvgIpc) is 3.25. The summed E-state index contributed by atoms with van der Waals surface area (Å²) >= 11 is 3.42. The van der Waals surface area contributed by atoms with E-state index in [0.717, 1.165) is 43.7 Å². The van der Waals surface area contributed by atoms with E-state index in [2.05, 4.69) is 50.0 Å². The number of halogens is 1. The molecule has 1 saturated heterocycles. The van der Waals surface area contributed by atoms with Gasteiger partial charge in [0, 0.05) is 55.3 Å². The van der Waals surface area contributed by atoms with E-state index in [-0.39, 0.29) is 4.90 Å². The number of ether oxygens (including phenoxy) is 1. The van der Waals surface area contributed by atoms with Crippen molar-refractivity contribution in [2.24, 2.45) is 0 Å². The van der Waals surface area contributed by atoms with Crippen LogP contribution in [0.15, 0.2) is 88.4 Å². The molecular weight excluding hydrogens is 526 g/mol. The lowest BCUT2D eigenvalue weighted by Gasteiger charge is -2.34. The van der Waals surface area contributed by atoms with Crippen LogP contribution in [0.2, 0.25) is 0 Å². The van der Waals surface area contributed by atoms with Crippen LogP contribution in [0.1, 0.15) is 11.1 Å². The molecule has 0 spiro atoms. The molecule has 8 heteroatoms. The molecule has 0 saturated carbocycles. The summed E-state index contributed by atoms with van der Waals surface area (Å²) in [6, 6.07) is 23.2. The molecule has 0 atom stereocenters. The van der Waals surface area contributed by atoms with Gasteiger partial charge < -0.3 is 4.74 Å². The number of fused-ring (bicyclic) bond motifs is 1. The highest BCUT2D eigenvalue weighted by Gasteiger charge is 2.25. The lowest BCUT2D eigenvalue weighted by Crippen LogP contribution is -2.45.